The fourth-order valence-electron chi connectivity index (χ4n) is 1.02. The molecule has 0 aliphatic carbocycles. The number of esters is 1. The van der Waals surface area contributed by atoms with E-state index in [9.17, 15) is 17.6 Å². The van der Waals surface area contributed by atoms with Crippen LogP contribution in [0.5, 0.6) is 0 Å². The van der Waals surface area contributed by atoms with E-state index in [1.165, 1.54) is 0 Å². The summed E-state index contributed by atoms with van der Waals surface area (Å²) in [5, 5.41) is -1.16. The number of nitrogens with zero attached hydrogens (tertiary/aromatic N) is 1. The maximum Gasteiger partial charge on any atom is 0.325 e. The molecule has 0 aromatic carbocycles. The van der Waals surface area contributed by atoms with Crippen molar-refractivity contribution in [2.75, 3.05) is 13.7 Å². The summed E-state index contributed by atoms with van der Waals surface area (Å²) < 4.78 is 42.5. The van der Waals surface area contributed by atoms with E-state index in [-0.39, 0.29) is 11.4 Å². The number of nitrogens with one attached hydrogen (secondary N) is 1. The number of carbonyl (C=O) groups excluding carboxylic acids is 1. The maximum absolute atomic E-state index is 12.8. The van der Waals surface area contributed by atoms with Gasteiger partial charge in [-0.05, 0) is 6.07 Å². The van der Waals surface area contributed by atoms with Crippen LogP contribution in [0, 0.1) is 5.82 Å². The standard InChI is InChI=1S/C9H10ClFN2O4S/c1-17-9(14)8(10)5-13-18(15,16)7-2-6(11)3-12-4-7/h2-4,8,13H,5H2,1H3. The average Bonchev–Trinajstić information content (AvgIpc) is 2.35. The lowest BCUT2D eigenvalue weighted by Gasteiger charge is -2.09. The molecule has 0 aliphatic heterocycles. The first kappa shape index (κ1) is 14.8. The Hall–Kier alpha value is -1.25. The molecule has 9 heteroatoms. The van der Waals surface area contributed by atoms with Gasteiger partial charge in [-0.25, -0.2) is 17.5 Å². The Kier molecular flexibility index (Phi) is 5.00. The Morgan fingerprint density at radius 3 is 2.83 bits per heavy atom. The minimum atomic E-state index is -3.96. The predicted octanol–water partition coefficient (Wildman–Crippen LogP) is 0.279. The van der Waals surface area contributed by atoms with Crippen molar-refractivity contribution in [1.29, 1.82) is 0 Å². The van der Waals surface area contributed by atoms with Crippen molar-refractivity contribution >= 4 is 27.6 Å². The molecular weight excluding hydrogens is 287 g/mol. The van der Waals surface area contributed by atoms with Gasteiger partial charge in [0, 0.05) is 12.7 Å². The number of pyridine rings is 1. The van der Waals surface area contributed by atoms with Crippen LogP contribution >= 0.6 is 11.6 Å². The molecule has 100 valence electrons. The van der Waals surface area contributed by atoms with Crippen LogP contribution in [0.15, 0.2) is 23.4 Å². The molecule has 1 unspecified atom stereocenters. The summed E-state index contributed by atoms with van der Waals surface area (Å²) in [4.78, 5) is 14.0. The number of hydrogen-bond acceptors (Lipinski definition) is 5. The smallest absolute Gasteiger partial charge is 0.325 e. The number of halogens is 2. The SMILES string of the molecule is COC(=O)C(Cl)CNS(=O)(=O)c1cncc(F)c1. The normalized spacial score (nSPS) is 13.1. The van der Waals surface area contributed by atoms with Gasteiger partial charge in [-0.15, -0.1) is 11.6 Å². The number of carbonyl (C=O) groups is 1. The van der Waals surface area contributed by atoms with Crippen molar-refractivity contribution in [3.63, 3.8) is 0 Å². The van der Waals surface area contributed by atoms with Gasteiger partial charge in [0.25, 0.3) is 0 Å². The van der Waals surface area contributed by atoms with E-state index in [0.29, 0.717) is 0 Å². The van der Waals surface area contributed by atoms with E-state index in [1.807, 2.05) is 0 Å². The van der Waals surface area contributed by atoms with Crippen LogP contribution in [0.4, 0.5) is 4.39 Å². The maximum atomic E-state index is 12.8. The van der Waals surface area contributed by atoms with Crippen LogP contribution in [0.25, 0.3) is 0 Å². The van der Waals surface area contributed by atoms with Crippen molar-refractivity contribution in [3.05, 3.63) is 24.3 Å². The highest BCUT2D eigenvalue weighted by Crippen LogP contribution is 2.09. The lowest BCUT2D eigenvalue weighted by Crippen LogP contribution is -2.34. The molecule has 0 saturated heterocycles. The van der Waals surface area contributed by atoms with Gasteiger partial charge in [0.1, 0.15) is 16.1 Å². The largest absolute Gasteiger partial charge is 0.468 e. The molecule has 0 bridgehead atoms. The van der Waals surface area contributed by atoms with Gasteiger partial charge in [0.2, 0.25) is 10.0 Å². The molecule has 0 aliphatic rings. The van der Waals surface area contributed by atoms with E-state index in [1.54, 1.807) is 0 Å². The monoisotopic (exact) mass is 296 g/mol. The van der Waals surface area contributed by atoms with Gasteiger partial charge in [0.05, 0.1) is 13.3 Å². The van der Waals surface area contributed by atoms with Crippen LogP contribution < -0.4 is 4.72 Å². The third-order valence-electron chi connectivity index (χ3n) is 1.90. The summed E-state index contributed by atoms with van der Waals surface area (Å²) in [7, 11) is -2.84. The molecule has 1 N–H and O–H groups in total. The average molecular weight is 297 g/mol. The van der Waals surface area contributed by atoms with Gasteiger partial charge in [-0.1, -0.05) is 0 Å². The second-order valence-corrected chi connectivity index (χ2v) is 5.48. The lowest BCUT2D eigenvalue weighted by atomic mass is 10.4. The summed E-state index contributed by atoms with van der Waals surface area (Å²) >= 11 is 5.57. The Balaban J connectivity index is 2.75. The molecule has 18 heavy (non-hydrogen) atoms. The van der Waals surface area contributed by atoms with Gasteiger partial charge in [0.15, 0.2) is 0 Å². The number of methoxy groups -OCH3 is 1. The zero-order chi connectivity index (χ0) is 13.8. The summed E-state index contributed by atoms with van der Waals surface area (Å²) in [5.41, 5.74) is 0. The van der Waals surface area contributed by atoms with Crippen molar-refractivity contribution in [1.82, 2.24) is 9.71 Å². The van der Waals surface area contributed by atoms with Crippen LogP contribution in [0.1, 0.15) is 0 Å². The first-order chi connectivity index (χ1) is 8.36. The third-order valence-corrected chi connectivity index (χ3v) is 3.62. The number of ether oxygens (including phenoxy) is 1. The Morgan fingerprint density at radius 2 is 2.28 bits per heavy atom. The van der Waals surface area contributed by atoms with Crippen molar-refractivity contribution in [2.45, 2.75) is 10.3 Å². The zero-order valence-corrected chi connectivity index (χ0v) is 10.8. The van der Waals surface area contributed by atoms with E-state index in [0.717, 1.165) is 25.6 Å². The van der Waals surface area contributed by atoms with E-state index < -0.39 is 27.2 Å². The molecule has 1 atom stereocenters. The fourth-order valence-corrected chi connectivity index (χ4v) is 2.29. The number of rotatable bonds is 5. The molecule has 1 heterocycles. The first-order valence-corrected chi connectivity index (χ1v) is 6.61. The summed E-state index contributed by atoms with van der Waals surface area (Å²) in [5.74, 6) is -1.55. The topological polar surface area (TPSA) is 85.4 Å². The summed E-state index contributed by atoms with van der Waals surface area (Å²) in [6, 6.07) is 0.802. The zero-order valence-electron chi connectivity index (χ0n) is 9.26. The molecule has 0 fully saturated rings. The summed E-state index contributed by atoms with van der Waals surface area (Å²) in [6.07, 6.45) is 1.85. The van der Waals surface area contributed by atoms with Crippen molar-refractivity contribution < 1.29 is 22.3 Å². The second kappa shape index (κ2) is 6.07. The number of hydrogen-bond donors (Lipinski definition) is 1. The minimum absolute atomic E-state index is 0.351. The third kappa shape index (κ3) is 3.90. The van der Waals surface area contributed by atoms with Gasteiger partial charge in [-0.2, -0.15) is 0 Å². The van der Waals surface area contributed by atoms with Crippen LogP contribution in [0.2, 0.25) is 0 Å². The highest BCUT2D eigenvalue weighted by molar-refractivity contribution is 7.89. The first-order valence-electron chi connectivity index (χ1n) is 4.69. The van der Waals surface area contributed by atoms with E-state index in [2.05, 4.69) is 14.4 Å². The highest BCUT2D eigenvalue weighted by Gasteiger charge is 2.21. The number of aromatic nitrogens is 1. The summed E-state index contributed by atoms with van der Waals surface area (Å²) in [6.45, 7) is -0.368. The Labute approximate surface area is 108 Å². The molecule has 1 aromatic rings. The van der Waals surface area contributed by atoms with Gasteiger partial charge in [-0.3, -0.25) is 9.78 Å². The molecule has 0 spiro atoms. The minimum Gasteiger partial charge on any atom is -0.468 e. The molecule has 1 rings (SSSR count). The Bertz CT molecular complexity index is 537. The number of sulfonamides is 1. The lowest BCUT2D eigenvalue weighted by molar-refractivity contribution is -0.140. The van der Waals surface area contributed by atoms with Gasteiger partial charge >= 0.3 is 5.97 Å². The molecule has 0 radical (unpaired) electrons. The second-order valence-electron chi connectivity index (χ2n) is 3.18. The molecule has 0 saturated carbocycles. The highest BCUT2D eigenvalue weighted by atomic mass is 35.5. The number of alkyl halides is 1. The quantitative estimate of drug-likeness (QED) is 0.623. The van der Waals surface area contributed by atoms with Crippen molar-refractivity contribution in [3.8, 4) is 0 Å². The molecule has 0 amide bonds. The Morgan fingerprint density at radius 1 is 1.61 bits per heavy atom. The predicted molar refractivity (Wildman–Crippen MR) is 61.0 cm³/mol. The molecular formula is C9H10ClFN2O4S. The molecule has 6 nitrogen and oxygen atoms in total. The van der Waals surface area contributed by atoms with E-state index in [4.69, 9.17) is 11.6 Å². The van der Waals surface area contributed by atoms with Gasteiger partial charge < -0.3 is 4.74 Å². The van der Waals surface area contributed by atoms with Crippen LogP contribution in [-0.2, 0) is 19.6 Å². The van der Waals surface area contributed by atoms with Crippen molar-refractivity contribution in [2.24, 2.45) is 0 Å². The van der Waals surface area contributed by atoms with Crippen LogP contribution in [-0.4, -0.2) is 38.4 Å². The van der Waals surface area contributed by atoms with E-state index >= 15 is 0 Å². The molecule has 1 aromatic heterocycles. The van der Waals surface area contributed by atoms with Crippen LogP contribution in [0.3, 0.4) is 0 Å². The fraction of sp³-hybridized carbons (Fsp3) is 0.333.